The molecule has 0 amide bonds. The van der Waals surface area contributed by atoms with E-state index in [-0.39, 0.29) is 4.87 Å². The largest absolute Gasteiger partial charge is 0.312 e. The SMILES string of the molecule is CN(CCc1ccc2[nH]c(=O)sc2c1)CCN1CCCCC1. The van der Waals surface area contributed by atoms with E-state index in [0.29, 0.717) is 0 Å². The van der Waals surface area contributed by atoms with E-state index in [1.165, 1.54) is 55.8 Å². The number of likely N-dealkylation sites (N-methyl/N-ethyl adjacent to an activating group) is 1. The van der Waals surface area contributed by atoms with Gasteiger partial charge >= 0.3 is 4.87 Å². The minimum absolute atomic E-state index is 0.0331. The average molecular weight is 319 g/mol. The van der Waals surface area contributed by atoms with Crippen molar-refractivity contribution < 1.29 is 0 Å². The summed E-state index contributed by atoms with van der Waals surface area (Å²) in [5.41, 5.74) is 2.27. The third kappa shape index (κ3) is 4.18. The third-order valence-corrected chi connectivity index (χ3v) is 5.36. The molecule has 22 heavy (non-hydrogen) atoms. The highest BCUT2D eigenvalue weighted by atomic mass is 32.1. The minimum Gasteiger partial charge on any atom is -0.312 e. The van der Waals surface area contributed by atoms with Crippen molar-refractivity contribution in [1.82, 2.24) is 14.8 Å². The molecule has 4 nitrogen and oxygen atoms in total. The number of hydrogen-bond acceptors (Lipinski definition) is 4. The summed E-state index contributed by atoms with van der Waals surface area (Å²) in [6.45, 7) is 5.95. The molecular weight excluding hydrogens is 294 g/mol. The standard InChI is InChI=1S/C17H25N3OS/c1-19(11-12-20-8-3-2-4-9-20)10-7-14-5-6-15-16(13-14)22-17(21)18-15/h5-6,13H,2-4,7-12H2,1H3,(H,18,21). The predicted octanol–water partition coefficient (Wildman–Crippen LogP) is 2.55. The topological polar surface area (TPSA) is 39.3 Å². The molecule has 0 bridgehead atoms. The first-order valence-corrected chi connectivity index (χ1v) is 9.05. The Morgan fingerprint density at radius 3 is 2.86 bits per heavy atom. The summed E-state index contributed by atoms with van der Waals surface area (Å²) >= 11 is 1.30. The lowest BCUT2D eigenvalue weighted by molar-refractivity contribution is 0.197. The van der Waals surface area contributed by atoms with Crippen molar-refractivity contribution in [2.45, 2.75) is 25.7 Å². The molecule has 2 aromatic rings. The van der Waals surface area contributed by atoms with Crippen LogP contribution in [-0.2, 0) is 6.42 Å². The van der Waals surface area contributed by atoms with E-state index >= 15 is 0 Å². The molecule has 5 heteroatoms. The number of nitrogens with one attached hydrogen (secondary N) is 1. The smallest absolute Gasteiger partial charge is 0.305 e. The monoisotopic (exact) mass is 319 g/mol. The van der Waals surface area contributed by atoms with Gasteiger partial charge < -0.3 is 14.8 Å². The Labute approximate surface area is 135 Å². The van der Waals surface area contributed by atoms with Gasteiger partial charge in [0, 0.05) is 19.6 Å². The molecule has 0 spiro atoms. The van der Waals surface area contributed by atoms with Crippen molar-refractivity contribution in [3.8, 4) is 0 Å². The van der Waals surface area contributed by atoms with Crippen molar-refractivity contribution in [1.29, 1.82) is 0 Å². The van der Waals surface area contributed by atoms with E-state index < -0.39 is 0 Å². The van der Waals surface area contributed by atoms with Crippen molar-refractivity contribution in [2.24, 2.45) is 0 Å². The fraction of sp³-hybridized carbons (Fsp3) is 0.588. The Morgan fingerprint density at radius 1 is 1.23 bits per heavy atom. The van der Waals surface area contributed by atoms with Gasteiger partial charge in [0.15, 0.2) is 0 Å². The highest BCUT2D eigenvalue weighted by Crippen LogP contribution is 2.16. The molecule has 0 unspecified atom stereocenters. The van der Waals surface area contributed by atoms with E-state index in [1.54, 1.807) is 0 Å². The third-order valence-electron chi connectivity index (χ3n) is 4.51. The molecule has 120 valence electrons. The first kappa shape index (κ1) is 15.7. The first-order chi connectivity index (χ1) is 10.7. The molecule has 1 saturated heterocycles. The normalized spacial score (nSPS) is 16.6. The van der Waals surface area contributed by atoms with Gasteiger partial charge in [-0.25, -0.2) is 0 Å². The average Bonchev–Trinajstić information content (AvgIpc) is 2.91. The van der Waals surface area contributed by atoms with Gasteiger partial charge in [-0.1, -0.05) is 23.8 Å². The summed E-state index contributed by atoms with van der Waals surface area (Å²) in [4.78, 5) is 19.2. The number of piperidine rings is 1. The van der Waals surface area contributed by atoms with E-state index in [1.807, 2.05) is 6.07 Å². The summed E-state index contributed by atoms with van der Waals surface area (Å²) in [5.74, 6) is 0. The number of thiazole rings is 1. The highest BCUT2D eigenvalue weighted by molar-refractivity contribution is 7.16. The van der Waals surface area contributed by atoms with E-state index in [9.17, 15) is 4.79 Å². The van der Waals surface area contributed by atoms with Crippen LogP contribution in [-0.4, -0.2) is 54.6 Å². The molecule has 1 aromatic carbocycles. The Bertz CT molecular complexity index is 657. The Kier molecular flexibility index (Phi) is 5.28. The molecule has 3 rings (SSSR count). The van der Waals surface area contributed by atoms with Gasteiger partial charge in [0.05, 0.1) is 10.2 Å². The number of nitrogens with zero attached hydrogens (tertiary/aromatic N) is 2. The maximum atomic E-state index is 11.4. The van der Waals surface area contributed by atoms with Crippen LogP contribution in [0.2, 0.25) is 0 Å². The van der Waals surface area contributed by atoms with Gasteiger partial charge in [0.25, 0.3) is 0 Å². The summed E-state index contributed by atoms with van der Waals surface area (Å²) < 4.78 is 1.07. The number of benzene rings is 1. The van der Waals surface area contributed by atoms with E-state index in [2.05, 4.69) is 34.0 Å². The second kappa shape index (κ2) is 7.40. The molecular formula is C17H25N3OS. The lowest BCUT2D eigenvalue weighted by Gasteiger charge is -2.28. The molecule has 1 aliphatic heterocycles. The van der Waals surface area contributed by atoms with Crippen LogP contribution in [0.1, 0.15) is 24.8 Å². The number of H-pyrrole nitrogens is 1. The fourth-order valence-corrected chi connectivity index (χ4v) is 3.87. The summed E-state index contributed by atoms with van der Waals surface area (Å²) in [6.07, 6.45) is 5.17. The van der Waals surface area contributed by atoms with Gasteiger partial charge in [-0.3, -0.25) is 4.79 Å². The Morgan fingerprint density at radius 2 is 2.05 bits per heavy atom. The minimum atomic E-state index is 0.0331. The molecule has 1 N–H and O–H groups in total. The van der Waals surface area contributed by atoms with Gasteiger partial charge in [0.1, 0.15) is 0 Å². The van der Waals surface area contributed by atoms with Crippen molar-refractivity contribution in [2.75, 3.05) is 39.8 Å². The van der Waals surface area contributed by atoms with E-state index in [4.69, 9.17) is 0 Å². The predicted molar refractivity (Wildman–Crippen MR) is 93.9 cm³/mol. The Hall–Kier alpha value is -1.17. The second-order valence-corrected chi connectivity index (χ2v) is 7.32. The van der Waals surface area contributed by atoms with Crippen LogP contribution in [0, 0.1) is 0 Å². The number of hydrogen-bond donors (Lipinski definition) is 1. The number of fused-ring (bicyclic) bond motifs is 1. The van der Waals surface area contributed by atoms with Gasteiger partial charge in [0.2, 0.25) is 0 Å². The molecule has 0 radical (unpaired) electrons. The Balaban J connectivity index is 1.46. The molecule has 2 heterocycles. The van der Waals surface area contributed by atoms with Crippen LogP contribution >= 0.6 is 11.3 Å². The summed E-state index contributed by atoms with van der Waals surface area (Å²) in [6, 6.07) is 6.30. The van der Waals surface area contributed by atoms with Crippen molar-refractivity contribution in [3.05, 3.63) is 33.4 Å². The number of aromatic nitrogens is 1. The molecule has 1 fully saturated rings. The maximum absolute atomic E-state index is 11.4. The van der Waals surface area contributed by atoms with Crippen molar-refractivity contribution in [3.63, 3.8) is 0 Å². The molecule has 1 aliphatic rings. The quantitative estimate of drug-likeness (QED) is 0.889. The van der Waals surface area contributed by atoms with Gasteiger partial charge in [-0.15, -0.1) is 0 Å². The van der Waals surface area contributed by atoms with Crippen LogP contribution in [0.25, 0.3) is 10.2 Å². The van der Waals surface area contributed by atoms with Gasteiger partial charge in [-0.2, -0.15) is 0 Å². The lowest BCUT2D eigenvalue weighted by atomic mass is 10.1. The lowest BCUT2D eigenvalue weighted by Crippen LogP contribution is -2.37. The summed E-state index contributed by atoms with van der Waals surface area (Å²) in [5, 5.41) is 0. The summed E-state index contributed by atoms with van der Waals surface area (Å²) in [7, 11) is 2.21. The molecule has 1 aromatic heterocycles. The molecule has 0 aliphatic carbocycles. The zero-order valence-electron chi connectivity index (χ0n) is 13.3. The van der Waals surface area contributed by atoms with Crippen LogP contribution in [0.15, 0.2) is 23.0 Å². The van der Waals surface area contributed by atoms with Crippen LogP contribution in [0.4, 0.5) is 0 Å². The maximum Gasteiger partial charge on any atom is 0.305 e. The van der Waals surface area contributed by atoms with Crippen molar-refractivity contribution >= 4 is 21.6 Å². The molecule has 0 atom stereocenters. The zero-order chi connectivity index (χ0) is 15.4. The first-order valence-electron chi connectivity index (χ1n) is 8.23. The number of aromatic amines is 1. The zero-order valence-corrected chi connectivity index (χ0v) is 14.1. The highest BCUT2D eigenvalue weighted by Gasteiger charge is 2.10. The van der Waals surface area contributed by atoms with E-state index in [0.717, 1.165) is 29.7 Å². The number of rotatable bonds is 6. The fourth-order valence-electron chi connectivity index (χ4n) is 3.07. The number of likely N-dealkylation sites (tertiary alicyclic amines) is 1. The van der Waals surface area contributed by atoms with Crippen LogP contribution in [0.5, 0.6) is 0 Å². The second-order valence-electron chi connectivity index (χ2n) is 6.30. The van der Waals surface area contributed by atoms with Crippen LogP contribution in [0.3, 0.4) is 0 Å². The van der Waals surface area contributed by atoms with Gasteiger partial charge in [-0.05, 0) is 57.1 Å². The van der Waals surface area contributed by atoms with Crippen LogP contribution < -0.4 is 4.87 Å². The molecule has 0 saturated carbocycles.